The Morgan fingerprint density at radius 2 is 1.95 bits per heavy atom. The molecular formula is C15H32ClN3O2. The fourth-order valence-electron chi connectivity index (χ4n) is 2.91. The van der Waals surface area contributed by atoms with E-state index in [4.69, 9.17) is 10.5 Å². The van der Waals surface area contributed by atoms with E-state index in [1.165, 1.54) is 0 Å². The van der Waals surface area contributed by atoms with Crippen LogP contribution >= 0.6 is 12.4 Å². The number of halogens is 1. The fraction of sp³-hybridized carbons (Fsp3) is 0.933. The molecule has 2 N–H and O–H groups in total. The van der Waals surface area contributed by atoms with Crippen LogP contribution in [0.1, 0.15) is 39.5 Å². The summed E-state index contributed by atoms with van der Waals surface area (Å²) in [4.78, 5) is 16.6. The lowest BCUT2D eigenvalue weighted by Crippen LogP contribution is -2.52. The third kappa shape index (κ3) is 6.51. The summed E-state index contributed by atoms with van der Waals surface area (Å²) in [5, 5.41) is 0. The smallest absolute Gasteiger partial charge is 0.236 e. The summed E-state index contributed by atoms with van der Waals surface area (Å²) in [6, 6.07) is 0.266. The van der Waals surface area contributed by atoms with E-state index in [0.717, 1.165) is 45.3 Å². The van der Waals surface area contributed by atoms with E-state index in [1.807, 2.05) is 4.90 Å². The molecule has 0 aromatic heterocycles. The van der Waals surface area contributed by atoms with Crippen molar-refractivity contribution in [3.63, 3.8) is 0 Å². The topological polar surface area (TPSA) is 58.8 Å². The molecule has 21 heavy (non-hydrogen) atoms. The summed E-state index contributed by atoms with van der Waals surface area (Å²) in [6.45, 7) is 7.93. The molecule has 0 radical (unpaired) electrons. The molecule has 1 saturated heterocycles. The molecule has 0 aromatic carbocycles. The molecule has 0 aromatic rings. The molecular weight excluding hydrogens is 290 g/mol. The zero-order valence-corrected chi connectivity index (χ0v) is 14.5. The number of carbonyl (C=O) groups is 1. The van der Waals surface area contributed by atoms with Gasteiger partial charge in [0, 0.05) is 39.3 Å². The first-order chi connectivity index (χ1) is 9.65. The van der Waals surface area contributed by atoms with Crippen molar-refractivity contribution in [3.8, 4) is 0 Å². The van der Waals surface area contributed by atoms with E-state index in [-0.39, 0.29) is 30.5 Å². The number of piperidine rings is 1. The molecule has 0 bridgehead atoms. The molecule has 2 unspecified atom stereocenters. The first kappa shape index (κ1) is 20.6. The minimum atomic E-state index is 0. The van der Waals surface area contributed by atoms with Crippen molar-refractivity contribution in [1.82, 2.24) is 9.80 Å². The third-order valence-corrected chi connectivity index (χ3v) is 4.07. The van der Waals surface area contributed by atoms with Crippen LogP contribution in [0.4, 0.5) is 0 Å². The predicted molar refractivity (Wildman–Crippen MR) is 88.9 cm³/mol. The lowest BCUT2D eigenvalue weighted by Gasteiger charge is -2.38. The zero-order valence-electron chi connectivity index (χ0n) is 13.7. The van der Waals surface area contributed by atoms with Crippen LogP contribution in [0.15, 0.2) is 0 Å². The molecule has 1 rings (SSSR count). The zero-order chi connectivity index (χ0) is 15.0. The Labute approximate surface area is 135 Å². The first-order valence-corrected chi connectivity index (χ1v) is 7.90. The van der Waals surface area contributed by atoms with Gasteiger partial charge in [0.25, 0.3) is 0 Å². The molecule has 5 nitrogen and oxygen atoms in total. The molecule has 1 heterocycles. The molecule has 1 aliphatic rings. The number of nitrogens with zero attached hydrogens (tertiary/aromatic N) is 2. The van der Waals surface area contributed by atoms with Crippen LogP contribution in [0, 0.1) is 0 Å². The van der Waals surface area contributed by atoms with Crippen molar-refractivity contribution in [2.75, 3.05) is 39.8 Å². The van der Waals surface area contributed by atoms with Gasteiger partial charge in [-0.05, 0) is 25.7 Å². The maximum atomic E-state index is 12.4. The van der Waals surface area contributed by atoms with Crippen molar-refractivity contribution in [2.45, 2.75) is 51.7 Å². The average Bonchev–Trinajstić information content (AvgIpc) is 2.47. The molecule has 1 amide bonds. The normalized spacial score (nSPS) is 22.7. The number of ether oxygens (including phenoxy) is 1. The minimum Gasteiger partial charge on any atom is -0.381 e. The molecule has 1 fully saturated rings. The maximum absolute atomic E-state index is 12.4. The van der Waals surface area contributed by atoms with Gasteiger partial charge in [-0.1, -0.05) is 13.8 Å². The lowest BCUT2D eigenvalue weighted by atomic mass is 9.99. The lowest BCUT2D eigenvalue weighted by molar-refractivity contribution is -0.134. The number of nitrogens with two attached hydrogens (primary N) is 1. The number of rotatable bonds is 8. The second-order valence-electron chi connectivity index (χ2n) is 5.62. The number of carbonyl (C=O) groups excluding carboxylic acids is 1. The van der Waals surface area contributed by atoms with Crippen LogP contribution < -0.4 is 5.73 Å². The van der Waals surface area contributed by atoms with Crippen LogP contribution in [0.2, 0.25) is 0 Å². The number of amides is 1. The summed E-state index contributed by atoms with van der Waals surface area (Å²) >= 11 is 0. The summed E-state index contributed by atoms with van der Waals surface area (Å²) in [5.41, 5.74) is 5.86. The van der Waals surface area contributed by atoms with Crippen LogP contribution in [-0.2, 0) is 9.53 Å². The van der Waals surface area contributed by atoms with Gasteiger partial charge in [-0.25, -0.2) is 0 Å². The predicted octanol–water partition coefficient (Wildman–Crippen LogP) is 1.49. The van der Waals surface area contributed by atoms with E-state index < -0.39 is 0 Å². The van der Waals surface area contributed by atoms with Crippen molar-refractivity contribution < 1.29 is 9.53 Å². The second kappa shape index (κ2) is 11.2. The third-order valence-electron chi connectivity index (χ3n) is 4.07. The van der Waals surface area contributed by atoms with Crippen LogP contribution in [0.5, 0.6) is 0 Å². The van der Waals surface area contributed by atoms with Crippen molar-refractivity contribution in [1.29, 1.82) is 0 Å². The van der Waals surface area contributed by atoms with E-state index in [9.17, 15) is 4.79 Å². The molecule has 2 atom stereocenters. The van der Waals surface area contributed by atoms with E-state index in [0.29, 0.717) is 13.1 Å². The molecule has 126 valence electrons. The largest absolute Gasteiger partial charge is 0.381 e. The van der Waals surface area contributed by atoms with Gasteiger partial charge in [0.05, 0.1) is 12.6 Å². The number of hydrogen-bond donors (Lipinski definition) is 1. The van der Waals surface area contributed by atoms with Gasteiger partial charge in [0.1, 0.15) is 0 Å². The highest BCUT2D eigenvalue weighted by atomic mass is 35.5. The van der Waals surface area contributed by atoms with Crippen LogP contribution in [0.3, 0.4) is 0 Å². The summed E-state index contributed by atoms with van der Waals surface area (Å²) in [5.74, 6) is 0.239. The maximum Gasteiger partial charge on any atom is 0.236 e. The van der Waals surface area contributed by atoms with Gasteiger partial charge in [-0.15, -0.1) is 12.4 Å². The Kier molecular flexibility index (Phi) is 11.0. The van der Waals surface area contributed by atoms with E-state index in [1.54, 1.807) is 7.11 Å². The van der Waals surface area contributed by atoms with E-state index in [2.05, 4.69) is 18.7 Å². The van der Waals surface area contributed by atoms with Gasteiger partial charge in [-0.2, -0.15) is 0 Å². The summed E-state index contributed by atoms with van der Waals surface area (Å²) < 4.78 is 5.42. The highest BCUT2D eigenvalue weighted by Gasteiger charge is 2.29. The summed E-state index contributed by atoms with van der Waals surface area (Å²) in [6.07, 6.45) is 4.23. The highest BCUT2D eigenvalue weighted by molar-refractivity contribution is 5.85. The molecule has 1 aliphatic heterocycles. The standard InChI is InChI=1S/C15H31N3O2.ClH/c1-4-7-17(8-5-2)15(19)12-18-9-6-14(20-3)10-13(18)11-16;/h13-14H,4-12,16H2,1-3H3;1H. The number of hydrogen-bond acceptors (Lipinski definition) is 4. The van der Waals surface area contributed by atoms with Gasteiger partial charge < -0.3 is 15.4 Å². The van der Waals surface area contributed by atoms with Gasteiger partial charge in [0.15, 0.2) is 0 Å². The Balaban J connectivity index is 0.00000400. The molecule has 0 saturated carbocycles. The molecule has 0 spiro atoms. The highest BCUT2D eigenvalue weighted by Crippen LogP contribution is 2.19. The van der Waals surface area contributed by atoms with Gasteiger partial charge >= 0.3 is 0 Å². The van der Waals surface area contributed by atoms with Crippen molar-refractivity contribution >= 4 is 18.3 Å². The fourth-order valence-corrected chi connectivity index (χ4v) is 2.91. The van der Waals surface area contributed by atoms with Crippen molar-refractivity contribution in [2.24, 2.45) is 5.73 Å². The van der Waals surface area contributed by atoms with Crippen LogP contribution in [0.25, 0.3) is 0 Å². The van der Waals surface area contributed by atoms with E-state index >= 15 is 0 Å². The first-order valence-electron chi connectivity index (χ1n) is 7.90. The SMILES string of the molecule is CCCN(CCC)C(=O)CN1CCC(OC)CC1CN.Cl. The molecule has 0 aliphatic carbocycles. The molecule has 6 heteroatoms. The number of likely N-dealkylation sites (tertiary alicyclic amines) is 1. The number of methoxy groups -OCH3 is 1. The van der Waals surface area contributed by atoms with Crippen molar-refractivity contribution in [3.05, 3.63) is 0 Å². The Hall–Kier alpha value is -0.360. The van der Waals surface area contributed by atoms with Crippen LogP contribution in [-0.4, -0.2) is 67.7 Å². The Bertz CT molecular complexity index is 286. The second-order valence-corrected chi connectivity index (χ2v) is 5.62. The Morgan fingerprint density at radius 3 is 2.43 bits per heavy atom. The Morgan fingerprint density at radius 1 is 1.33 bits per heavy atom. The van der Waals surface area contributed by atoms with Gasteiger partial charge in [0.2, 0.25) is 5.91 Å². The monoisotopic (exact) mass is 321 g/mol. The minimum absolute atomic E-state index is 0. The average molecular weight is 322 g/mol. The summed E-state index contributed by atoms with van der Waals surface area (Å²) in [7, 11) is 1.75. The van der Waals surface area contributed by atoms with Gasteiger partial charge in [-0.3, -0.25) is 9.69 Å². The quantitative estimate of drug-likeness (QED) is 0.736.